The zero-order chi connectivity index (χ0) is 8.43. The van der Waals surface area contributed by atoms with Crippen molar-refractivity contribution in [2.24, 2.45) is 5.73 Å². The monoisotopic (exact) mass is 153 g/mol. The molecule has 0 radical (unpaired) electrons. The lowest BCUT2D eigenvalue weighted by Crippen LogP contribution is -2.18. The third kappa shape index (κ3) is 1.51. The second kappa shape index (κ2) is 2.37. The van der Waals surface area contributed by atoms with Gasteiger partial charge in [0, 0.05) is 0 Å². The zero-order valence-corrected chi connectivity index (χ0v) is 5.57. The van der Waals surface area contributed by atoms with Crippen LogP contribution in [0, 0.1) is 5.41 Å². The molecule has 0 unspecified atom stereocenters. The third-order valence-corrected chi connectivity index (χ3v) is 0.911. The van der Waals surface area contributed by atoms with E-state index >= 15 is 0 Å². The summed E-state index contributed by atoms with van der Waals surface area (Å²) in [5.41, 5.74) is 15.5. The summed E-state index contributed by atoms with van der Waals surface area (Å²) < 4.78 is 0. The molecule has 0 atom stereocenters. The van der Waals surface area contributed by atoms with Crippen LogP contribution in [-0.4, -0.2) is 20.8 Å². The highest BCUT2D eigenvalue weighted by Gasteiger charge is 2.02. The van der Waals surface area contributed by atoms with Gasteiger partial charge in [0.05, 0.1) is 0 Å². The minimum absolute atomic E-state index is 0.00463. The van der Waals surface area contributed by atoms with Crippen molar-refractivity contribution in [2.45, 2.75) is 0 Å². The Kier molecular flexibility index (Phi) is 1.55. The third-order valence-electron chi connectivity index (χ3n) is 0.911. The van der Waals surface area contributed by atoms with Crippen LogP contribution in [0.25, 0.3) is 0 Å². The average molecular weight is 153 g/mol. The molecule has 0 amide bonds. The Bertz CT molecular complexity index is 272. The normalized spacial score (nSPS) is 9.45. The molecule has 1 heterocycles. The van der Waals surface area contributed by atoms with E-state index in [0.29, 0.717) is 0 Å². The van der Waals surface area contributed by atoms with Crippen molar-refractivity contribution >= 4 is 17.7 Å². The van der Waals surface area contributed by atoms with E-state index in [0.717, 1.165) is 0 Å². The molecule has 0 saturated heterocycles. The summed E-state index contributed by atoms with van der Waals surface area (Å²) >= 11 is 0. The molecule has 0 spiro atoms. The lowest BCUT2D eigenvalue weighted by atomic mass is 10.5. The summed E-state index contributed by atoms with van der Waals surface area (Å²) in [5, 5.41) is 6.94. The first-order valence-corrected chi connectivity index (χ1v) is 2.71. The molecule has 58 valence electrons. The Morgan fingerprint density at radius 1 is 1.09 bits per heavy atom. The van der Waals surface area contributed by atoms with Gasteiger partial charge in [-0.3, -0.25) is 5.41 Å². The summed E-state index contributed by atoms with van der Waals surface area (Å²) in [6.07, 6.45) is 0. The molecule has 0 aromatic carbocycles. The molecule has 0 aliphatic heterocycles. The highest BCUT2D eigenvalue weighted by atomic mass is 15.1. The van der Waals surface area contributed by atoms with Crippen molar-refractivity contribution in [3.05, 3.63) is 5.82 Å². The van der Waals surface area contributed by atoms with Gasteiger partial charge in [-0.15, -0.1) is 0 Å². The molecular formula is C4H7N7. The fourth-order valence-corrected chi connectivity index (χ4v) is 0.530. The van der Waals surface area contributed by atoms with Crippen molar-refractivity contribution in [3.8, 4) is 0 Å². The second-order valence-electron chi connectivity index (χ2n) is 1.79. The van der Waals surface area contributed by atoms with E-state index in [4.69, 9.17) is 22.6 Å². The van der Waals surface area contributed by atoms with Crippen LogP contribution in [0.4, 0.5) is 11.9 Å². The molecule has 0 aliphatic carbocycles. The average Bonchev–Trinajstić information content (AvgIpc) is 1.85. The van der Waals surface area contributed by atoms with Gasteiger partial charge in [-0.05, 0) is 0 Å². The Morgan fingerprint density at radius 2 is 1.55 bits per heavy atom. The maximum absolute atomic E-state index is 6.94. The van der Waals surface area contributed by atoms with Gasteiger partial charge in [0.1, 0.15) is 0 Å². The maximum Gasteiger partial charge on any atom is 0.225 e. The van der Waals surface area contributed by atoms with Gasteiger partial charge >= 0.3 is 0 Å². The quantitative estimate of drug-likeness (QED) is 0.280. The van der Waals surface area contributed by atoms with Crippen LogP contribution >= 0.6 is 0 Å². The Morgan fingerprint density at radius 3 is 1.91 bits per heavy atom. The molecule has 1 aromatic heterocycles. The number of nitrogens with one attached hydrogen (secondary N) is 1. The van der Waals surface area contributed by atoms with E-state index < -0.39 is 0 Å². The first-order chi connectivity index (χ1) is 5.09. The lowest BCUT2D eigenvalue weighted by molar-refractivity contribution is 1.05. The number of nitrogen functional groups attached to an aromatic ring is 3. The van der Waals surface area contributed by atoms with Gasteiger partial charge in [-0.25, -0.2) is 0 Å². The van der Waals surface area contributed by atoms with E-state index in [9.17, 15) is 0 Å². The van der Waals surface area contributed by atoms with Crippen LogP contribution in [0.5, 0.6) is 0 Å². The van der Waals surface area contributed by atoms with E-state index in [1.165, 1.54) is 0 Å². The Hall–Kier alpha value is -1.92. The minimum atomic E-state index is -0.286. The highest BCUT2D eigenvalue weighted by Crippen LogP contribution is 1.96. The van der Waals surface area contributed by atoms with Crippen LogP contribution in [-0.2, 0) is 0 Å². The SMILES string of the molecule is N=C(N)c1nc(N)nc(N)n1. The Balaban J connectivity index is 3.19. The van der Waals surface area contributed by atoms with Gasteiger partial charge in [-0.1, -0.05) is 0 Å². The summed E-state index contributed by atoms with van der Waals surface area (Å²) in [6.45, 7) is 0. The fraction of sp³-hybridized carbons (Fsp3) is 0. The number of rotatable bonds is 1. The van der Waals surface area contributed by atoms with Gasteiger partial charge in [0.25, 0.3) is 0 Å². The van der Waals surface area contributed by atoms with E-state index in [2.05, 4.69) is 15.0 Å². The lowest BCUT2D eigenvalue weighted by Gasteiger charge is -1.97. The predicted molar refractivity (Wildman–Crippen MR) is 39.7 cm³/mol. The second-order valence-corrected chi connectivity index (χ2v) is 1.79. The molecule has 0 saturated carbocycles. The fourth-order valence-electron chi connectivity index (χ4n) is 0.530. The number of nitrogens with two attached hydrogens (primary N) is 3. The van der Waals surface area contributed by atoms with E-state index in [-0.39, 0.29) is 23.6 Å². The Labute approximate surface area is 62.2 Å². The number of nitrogens with zero attached hydrogens (tertiary/aromatic N) is 3. The first-order valence-electron chi connectivity index (χ1n) is 2.71. The van der Waals surface area contributed by atoms with Crippen LogP contribution < -0.4 is 17.2 Å². The number of hydrogen-bond acceptors (Lipinski definition) is 6. The van der Waals surface area contributed by atoms with Crippen molar-refractivity contribution in [1.29, 1.82) is 5.41 Å². The number of aromatic nitrogens is 3. The molecule has 1 aromatic rings. The predicted octanol–water partition coefficient (Wildman–Crippen LogP) is -1.68. The zero-order valence-electron chi connectivity index (χ0n) is 5.57. The smallest absolute Gasteiger partial charge is 0.225 e. The number of hydrogen-bond donors (Lipinski definition) is 4. The molecule has 7 nitrogen and oxygen atoms in total. The standard InChI is InChI=1S/C4H7N7/c5-1(6)2-9-3(7)11-4(8)10-2/h(H3,5,6)(H4,7,8,9,10,11). The molecule has 7 N–H and O–H groups in total. The van der Waals surface area contributed by atoms with Crippen LogP contribution in [0.1, 0.15) is 5.82 Å². The van der Waals surface area contributed by atoms with Gasteiger partial charge in [-0.2, -0.15) is 15.0 Å². The number of amidine groups is 1. The van der Waals surface area contributed by atoms with Crippen LogP contribution in [0.15, 0.2) is 0 Å². The number of anilines is 2. The van der Waals surface area contributed by atoms with Crippen molar-refractivity contribution < 1.29 is 0 Å². The van der Waals surface area contributed by atoms with E-state index in [1.54, 1.807) is 0 Å². The molecule has 11 heavy (non-hydrogen) atoms. The van der Waals surface area contributed by atoms with Crippen LogP contribution in [0.3, 0.4) is 0 Å². The summed E-state index contributed by atoms with van der Waals surface area (Å²) in [7, 11) is 0. The largest absolute Gasteiger partial charge is 0.381 e. The van der Waals surface area contributed by atoms with Crippen molar-refractivity contribution in [2.75, 3.05) is 11.5 Å². The summed E-state index contributed by atoms with van der Waals surface area (Å²) in [6, 6.07) is 0. The van der Waals surface area contributed by atoms with Crippen molar-refractivity contribution in [1.82, 2.24) is 15.0 Å². The van der Waals surface area contributed by atoms with Gasteiger partial charge < -0.3 is 17.2 Å². The van der Waals surface area contributed by atoms with E-state index in [1.807, 2.05) is 0 Å². The molecule has 0 aliphatic rings. The highest BCUT2D eigenvalue weighted by molar-refractivity contribution is 5.91. The summed E-state index contributed by atoms with van der Waals surface area (Å²) in [4.78, 5) is 10.6. The topological polar surface area (TPSA) is 141 Å². The van der Waals surface area contributed by atoms with Crippen molar-refractivity contribution in [3.63, 3.8) is 0 Å². The van der Waals surface area contributed by atoms with Gasteiger partial charge in [0.15, 0.2) is 5.84 Å². The minimum Gasteiger partial charge on any atom is -0.381 e. The molecule has 7 heteroatoms. The molecule has 0 bridgehead atoms. The summed E-state index contributed by atoms with van der Waals surface area (Å²) in [5.74, 6) is -0.369. The first kappa shape index (κ1) is 7.19. The molecule has 0 fully saturated rings. The molecule has 1 rings (SSSR count). The van der Waals surface area contributed by atoms with Gasteiger partial charge in [0.2, 0.25) is 17.7 Å². The molecular weight excluding hydrogens is 146 g/mol. The van der Waals surface area contributed by atoms with Crippen LogP contribution in [0.2, 0.25) is 0 Å². The maximum atomic E-state index is 6.94.